The molecule has 4 rings (SSSR count). The molecule has 0 atom stereocenters. The Labute approximate surface area is 153 Å². The van der Waals surface area contributed by atoms with Crippen molar-refractivity contribution in [3.05, 3.63) is 59.7 Å². The summed E-state index contributed by atoms with van der Waals surface area (Å²) in [5.41, 5.74) is -2.27. The number of fused-ring (bicyclic) bond motifs is 5. The number of ether oxygens (including phenoxy) is 1. The quantitative estimate of drug-likeness (QED) is 0.457. The Hall–Kier alpha value is -2.74. The fraction of sp³-hybridized carbons (Fsp3) is 0.158. The van der Waals surface area contributed by atoms with Crippen LogP contribution in [0.4, 0.5) is 13.2 Å². The molecule has 0 spiro atoms. The van der Waals surface area contributed by atoms with Crippen LogP contribution in [0.1, 0.15) is 11.1 Å². The molecule has 1 aliphatic rings. The largest absolute Gasteiger partial charge is 0.534 e. The second-order valence-corrected chi connectivity index (χ2v) is 7.80. The van der Waals surface area contributed by atoms with E-state index in [9.17, 15) is 21.6 Å². The minimum absolute atomic E-state index is 0.0958. The summed E-state index contributed by atoms with van der Waals surface area (Å²) in [7, 11) is -5.71. The highest BCUT2D eigenvalue weighted by Crippen LogP contribution is 2.43. The van der Waals surface area contributed by atoms with Crippen molar-refractivity contribution >= 4 is 20.9 Å². The Balaban J connectivity index is 1.77. The van der Waals surface area contributed by atoms with Crippen molar-refractivity contribution in [3.8, 4) is 22.6 Å². The fourth-order valence-electron chi connectivity index (χ4n) is 3.12. The van der Waals surface area contributed by atoms with Crippen LogP contribution in [0.3, 0.4) is 0 Å². The van der Waals surface area contributed by atoms with E-state index in [1.807, 2.05) is 37.3 Å². The molecular weight excluding hydrogens is 381 g/mol. The zero-order valence-corrected chi connectivity index (χ0v) is 14.8. The van der Waals surface area contributed by atoms with Crippen LogP contribution in [0.25, 0.3) is 21.9 Å². The SMILES string of the molecule is Cc1ccc2c3c(ccc2c1)-c1ccc(OS(=O)(=O)C(F)(F)F)cc1CO3. The lowest BCUT2D eigenvalue weighted by atomic mass is 9.93. The molecule has 1 heterocycles. The average Bonchev–Trinajstić information content (AvgIpc) is 2.59. The van der Waals surface area contributed by atoms with Crippen LogP contribution in [-0.2, 0) is 16.7 Å². The third-order valence-electron chi connectivity index (χ3n) is 4.35. The van der Waals surface area contributed by atoms with Crippen molar-refractivity contribution < 1.29 is 30.5 Å². The summed E-state index contributed by atoms with van der Waals surface area (Å²) >= 11 is 0. The Bertz CT molecular complexity index is 1170. The number of benzene rings is 3. The van der Waals surface area contributed by atoms with Gasteiger partial charge in [0, 0.05) is 16.5 Å². The first-order valence-electron chi connectivity index (χ1n) is 7.96. The predicted octanol–water partition coefficient (Wildman–Crippen LogP) is 4.94. The van der Waals surface area contributed by atoms with E-state index in [4.69, 9.17) is 4.74 Å². The molecule has 0 radical (unpaired) electrons. The number of halogens is 3. The van der Waals surface area contributed by atoms with Crippen molar-refractivity contribution in [1.29, 1.82) is 0 Å². The Morgan fingerprint density at radius 2 is 1.74 bits per heavy atom. The first-order chi connectivity index (χ1) is 12.7. The van der Waals surface area contributed by atoms with Gasteiger partial charge in [0.25, 0.3) is 0 Å². The van der Waals surface area contributed by atoms with Crippen LogP contribution in [0, 0.1) is 6.92 Å². The number of hydrogen-bond acceptors (Lipinski definition) is 4. The molecule has 0 amide bonds. The average molecular weight is 394 g/mol. The highest BCUT2D eigenvalue weighted by Gasteiger charge is 2.48. The topological polar surface area (TPSA) is 52.6 Å². The van der Waals surface area contributed by atoms with E-state index in [1.165, 1.54) is 18.2 Å². The van der Waals surface area contributed by atoms with Crippen molar-refractivity contribution in [3.63, 3.8) is 0 Å². The van der Waals surface area contributed by atoms with Crippen LogP contribution in [-0.4, -0.2) is 13.9 Å². The summed E-state index contributed by atoms with van der Waals surface area (Å²) in [4.78, 5) is 0. The summed E-state index contributed by atoms with van der Waals surface area (Å²) in [6, 6.07) is 13.8. The maximum atomic E-state index is 12.5. The van der Waals surface area contributed by atoms with Crippen LogP contribution < -0.4 is 8.92 Å². The van der Waals surface area contributed by atoms with Gasteiger partial charge < -0.3 is 8.92 Å². The second-order valence-electron chi connectivity index (χ2n) is 6.26. The van der Waals surface area contributed by atoms with E-state index in [0.717, 1.165) is 27.5 Å². The fourth-order valence-corrected chi connectivity index (χ4v) is 3.57. The highest BCUT2D eigenvalue weighted by atomic mass is 32.2. The zero-order valence-electron chi connectivity index (χ0n) is 14.0. The minimum atomic E-state index is -5.71. The van der Waals surface area contributed by atoms with Gasteiger partial charge in [-0.2, -0.15) is 21.6 Å². The molecule has 0 aliphatic carbocycles. The summed E-state index contributed by atoms with van der Waals surface area (Å²) in [6.45, 7) is 2.09. The van der Waals surface area contributed by atoms with Crippen molar-refractivity contribution in [2.75, 3.05) is 0 Å². The number of aryl methyl sites for hydroxylation is 1. The lowest BCUT2D eigenvalue weighted by molar-refractivity contribution is -0.0500. The Morgan fingerprint density at radius 3 is 2.48 bits per heavy atom. The van der Waals surface area contributed by atoms with E-state index in [2.05, 4.69) is 4.18 Å². The normalized spacial score (nSPS) is 13.6. The molecule has 8 heteroatoms. The molecule has 3 aromatic rings. The molecule has 4 nitrogen and oxygen atoms in total. The van der Waals surface area contributed by atoms with Crippen molar-refractivity contribution in [1.82, 2.24) is 0 Å². The Kier molecular flexibility index (Phi) is 3.85. The van der Waals surface area contributed by atoms with Gasteiger partial charge in [0.15, 0.2) is 0 Å². The van der Waals surface area contributed by atoms with Gasteiger partial charge in [0.1, 0.15) is 18.1 Å². The van der Waals surface area contributed by atoms with E-state index in [1.54, 1.807) is 0 Å². The van der Waals surface area contributed by atoms with Crippen LogP contribution >= 0.6 is 0 Å². The van der Waals surface area contributed by atoms with Gasteiger partial charge in [0.05, 0.1) is 0 Å². The van der Waals surface area contributed by atoms with E-state index < -0.39 is 21.4 Å². The van der Waals surface area contributed by atoms with Crippen LogP contribution in [0.2, 0.25) is 0 Å². The second kappa shape index (κ2) is 5.88. The summed E-state index contributed by atoms with van der Waals surface area (Å²) in [5, 5.41) is 1.96. The summed E-state index contributed by atoms with van der Waals surface area (Å²) < 4.78 is 69.9. The molecule has 0 saturated heterocycles. The zero-order chi connectivity index (χ0) is 19.4. The third-order valence-corrected chi connectivity index (χ3v) is 5.33. The summed E-state index contributed by atoms with van der Waals surface area (Å²) in [5.74, 6) is 0.283. The van der Waals surface area contributed by atoms with Gasteiger partial charge in [-0.3, -0.25) is 0 Å². The standard InChI is InChI=1S/C19H13F3O4S/c1-11-2-5-16-12(8-11)3-6-17-15-7-4-14(9-13(15)10-25-18(16)17)26-27(23,24)19(20,21)22/h2-9H,10H2,1H3. The molecule has 0 bridgehead atoms. The monoisotopic (exact) mass is 394 g/mol. The van der Waals surface area contributed by atoms with Gasteiger partial charge in [-0.25, -0.2) is 0 Å². The molecule has 0 saturated carbocycles. The van der Waals surface area contributed by atoms with Gasteiger partial charge in [-0.15, -0.1) is 0 Å². The van der Waals surface area contributed by atoms with Crippen molar-refractivity contribution in [2.45, 2.75) is 19.0 Å². The van der Waals surface area contributed by atoms with E-state index in [-0.39, 0.29) is 6.61 Å². The summed E-state index contributed by atoms with van der Waals surface area (Å²) in [6.07, 6.45) is 0. The predicted molar refractivity (Wildman–Crippen MR) is 94.1 cm³/mol. The van der Waals surface area contributed by atoms with Crippen LogP contribution in [0.15, 0.2) is 48.5 Å². The first-order valence-corrected chi connectivity index (χ1v) is 9.37. The van der Waals surface area contributed by atoms with E-state index in [0.29, 0.717) is 11.3 Å². The first kappa shape index (κ1) is 17.7. The van der Waals surface area contributed by atoms with Gasteiger partial charge in [-0.05, 0) is 30.0 Å². The van der Waals surface area contributed by atoms with Crippen molar-refractivity contribution in [2.24, 2.45) is 0 Å². The molecule has 0 aromatic heterocycles. The maximum Gasteiger partial charge on any atom is 0.534 e. The third kappa shape index (κ3) is 2.99. The van der Waals surface area contributed by atoms with Gasteiger partial charge >= 0.3 is 15.6 Å². The molecule has 140 valence electrons. The highest BCUT2D eigenvalue weighted by molar-refractivity contribution is 7.88. The lowest BCUT2D eigenvalue weighted by Crippen LogP contribution is -2.28. The minimum Gasteiger partial charge on any atom is -0.488 e. The molecule has 0 N–H and O–H groups in total. The molecule has 27 heavy (non-hydrogen) atoms. The molecule has 0 fully saturated rings. The lowest BCUT2D eigenvalue weighted by Gasteiger charge is -2.23. The Morgan fingerprint density at radius 1 is 1.00 bits per heavy atom. The number of hydrogen-bond donors (Lipinski definition) is 0. The molecular formula is C19H13F3O4S. The smallest absolute Gasteiger partial charge is 0.488 e. The number of rotatable bonds is 2. The maximum absolute atomic E-state index is 12.5. The van der Waals surface area contributed by atoms with Crippen LogP contribution in [0.5, 0.6) is 11.5 Å². The molecule has 1 aliphatic heterocycles. The molecule has 0 unspecified atom stereocenters. The number of alkyl halides is 3. The van der Waals surface area contributed by atoms with Gasteiger partial charge in [0.2, 0.25) is 0 Å². The van der Waals surface area contributed by atoms with Gasteiger partial charge in [-0.1, -0.05) is 42.0 Å². The molecule has 3 aromatic carbocycles. The van der Waals surface area contributed by atoms with E-state index >= 15 is 0 Å².